The number of aliphatic hydroxyl groups excluding tert-OH is 1. The van der Waals surface area contributed by atoms with Crippen LogP contribution in [0, 0.1) is 34.5 Å². The molecule has 0 amide bonds. The van der Waals surface area contributed by atoms with Crippen molar-refractivity contribution in [2.75, 3.05) is 0 Å². The van der Waals surface area contributed by atoms with E-state index < -0.39 is 0 Å². The normalized spacial score (nSPS) is 63.6. The zero-order chi connectivity index (χ0) is 14.9. The van der Waals surface area contributed by atoms with Gasteiger partial charge >= 0.3 is 11.4 Å². The van der Waals surface area contributed by atoms with E-state index in [1.807, 2.05) is 0 Å². The van der Waals surface area contributed by atoms with Gasteiger partial charge in [-0.3, -0.25) is 0 Å². The number of aromatic nitrogens is 3. The lowest BCUT2D eigenvalue weighted by atomic mass is 9.04. The van der Waals surface area contributed by atoms with Crippen LogP contribution >= 0.6 is 15.9 Å². The Kier molecular flexibility index (Phi) is 1.45. The van der Waals surface area contributed by atoms with Crippen molar-refractivity contribution >= 4 is 15.9 Å². The van der Waals surface area contributed by atoms with E-state index in [0.717, 1.165) is 18.8 Å². The number of halogens is 1. The van der Waals surface area contributed by atoms with Gasteiger partial charge in [-0.25, -0.2) is 23.5 Å². The molecular weight excluding hydrogens is 350 g/mol. The molecule has 2 bridgehead atoms. The van der Waals surface area contributed by atoms with Crippen molar-refractivity contribution in [1.29, 1.82) is 0 Å². The van der Waals surface area contributed by atoms with Crippen LogP contribution in [0.4, 0.5) is 0 Å². The van der Waals surface area contributed by atoms with Gasteiger partial charge in [-0.1, -0.05) is 15.9 Å². The monoisotopic (exact) mass is 365 g/mol. The highest BCUT2D eigenvalue weighted by molar-refractivity contribution is 9.09. The van der Waals surface area contributed by atoms with Gasteiger partial charge in [0.25, 0.3) is 0 Å². The predicted octanol–water partition coefficient (Wildman–Crippen LogP) is -0.146. The third-order valence-corrected chi connectivity index (χ3v) is 9.66. The van der Waals surface area contributed by atoms with Crippen molar-refractivity contribution in [1.82, 2.24) is 13.9 Å². The largest absolute Gasteiger partial charge is 0.392 e. The Bertz CT molecular complexity index is 845. The summed E-state index contributed by atoms with van der Waals surface area (Å²) in [6.07, 6.45) is 1.42. The van der Waals surface area contributed by atoms with Crippen LogP contribution in [-0.4, -0.2) is 30.0 Å². The Morgan fingerprint density at radius 1 is 1.05 bits per heavy atom. The second-order valence-corrected chi connectivity index (χ2v) is 9.66. The van der Waals surface area contributed by atoms with E-state index in [-0.39, 0.29) is 45.2 Å². The highest BCUT2D eigenvalue weighted by atomic mass is 79.9. The van der Waals surface area contributed by atoms with Crippen molar-refractivity contribution in [2.45, 2.75) is 35.9 Å². The van der Waals surface area contributed by atoms with E-state index in [4.69, 9.17) is 0 Å². The fourth-order valence-electron chi connectivity index (χ4n) is 8.54. The van der Waals surface area contributed by atoms with Crippen molar-refractivity contribution < 1.29 is 5.11 Å². The average Bonchev–Trinajstić information content (AvgIpc) is 2.65. The highest BCUT2D eigenvalue weighted by Crippen LogP contribution is 3.04. The molecule has 0 aromatic carbocycles. The van der Waals surface area contributed by atoms with Crippen LogP contribution in [0.2, 0.25) is 0 Å². The van der Waals surface area contributed by atoms with E-state index in [0.29, 0.717) is 17.8 Å². The summed E-state index contributed by atoms with van der Waals surface area (Å²) in [6.45, 7) is 0. The summed E-state index contributed by atoms with van der Waals surface area (Å²) in [6, 6.07) is 0.361. The standard InChI is InChI=1S/C15H16BrN3O3/c1-17-12(21)18-10-6-7-9-8(6)14(10)2-4(16)5(20)3-15(9,14)11(7)19(18)13(17)22/h4-11,20H,2-3H2,1H3/t4-,5-,6-,7+,8-,9+,10+,11-,14+,15-/m1/s1. The lowest BCUT2D eigenvalue weighted by molar-refractivity contribution is -0.562. The Morgan fingerprint density at radius 3 is 2.09 bits per heavy atom. The summed E-state index contributed by atoms with van der Waals surface area (Å²) in [7, 11) is 1.59. The second-order valence-electron chi connectivity index (χ2n) is 8.48. The summed E-state index contributed by atoms with van der Waals surface area (Å²) in [5, 5.41) is 10.4. The molecule has 5 saturated carbocycles. The molecule has 2 spiro atoms. The second kappa shape index (κ2) is 2.73. The molecule has 5 fully saturated rings. The van der Waals surface area contributed by atoms with Crippen molar-refractivity contribution in [3.63, 3.8) is 0 Å². The van der Waals surface area contributed by atoms with E-state index in [2.05, 4.69) is 15.9 Å². The van der Waals surface area contributed by atoms with Crippen LogP contribution in [-0.2, 0) is 7.05 Å². The first kappa shape index (κ1) is 11.7. The van der Waals surface area contributed by atoms with Crippen LogP contribution in [0.1, 0.15) is 24.9 Å². The van der Waals surface area contributed by atoms with E-state index in [1.54, 1.807) is 16.4 Å². The molecule has 1 N–H and O–H groups in total. The Labute approximate surface area is 133 Å². The highest BCUT2D eigenvalue weighted by Gasteiger charge is 3.03. The first-order valence-corrected chi connectivity index (χ1v) is 9.12. The molecular formula is C15H16BrN3O3. The average molecular weight is 366 g/mol. The van der Waals surface area contributed by atoms with Crippen molar-refractivity contribution in [3.05, 3.63) is 21.0 Å². The van der Waals surface area contributed by atoms with Crippen LogP contribution in [0.25, 0.3) is 0 Å². The molecule has 0 saturated heterocycles. The molecule has 0 radical (unpaired) electrons. The molecule has 22 heavy (non-hydrogen) atoms. The quantitative estimate of drug-likeness (QED) is 0.650. The van der Waals surface area contributed by atoms with Gasteiger partial charge in [-0.05, 0) is 36.5 Å². The van der Waals surface area contributed by atoms with Gasteiger partial charge in [0.05, 0.1) is 18.2 Å². The third kappa shape index (κ3) is 0.658. The third-order valence-electron chi connectivity index (χ3n) is 8.72. The molecule has 10 atom stereocenters. The first-order chi connectivity index (χ1) is 10.5. The van der Waals surface area contributed by atoms with Crippen molar-refractivity contribution in [3.8, 4) is 0 Å². The first-order valence-electron chi connectivity index (χ1n) is 8.20. The molecule has 2 aliphatic heterocycles. The number of aliphatic hydroxyl groups is 1. The minimum atomic E-state index is -0.326. The summed E-state index contributed by atoms with van der Waals surface area (Å²) in [5.74, 6) is 2.67. The predicted molar refractivity (Wildman–Crippen MR) is 78.8 cm³/mol. The number of alkyl halides is 1. The molecule has 5 aliphatic carbocycles. The maximum Gasteiger partial charge on any atom is 0.347 e. The molecule has 8 rings (SSSR count). The summed E-state index contributed by atoms with van der Waals surface area (Å²) in [4.78, 5) is 25.3. The lowest BCUT2D eigenvalue weighted by Gasteiger charge is -3.02. The molecule has 116 valence electrons. The molecule has 7 aliphatic rings. The van der Waals surface area contributed by atoms with Gasteiger partial charge in [-0.15, -0.1) is 0 Å². The molecule has 3 heterocycles. The fourth-order valence-corrected chi connectivity index (χ4v) is 9.26. The van der Waals surface area contributed by atoms with Gasteiger partial charge < -0.3 is 5.11 Å². The number of hydrogen-bond acceptors (Lipinski definition) is 3. The molecule has 6 nitrogen and oxygen atoms in total. The molecule has 0 unspecified atom stereocenters. The number of rotatable bonds is 0. The van der Waals surface area contributed by atoms with Gasteiger partial charge in [0.15, 0.2) is 0 Å². The Morgan fingerprint density at radius 2 is 1.55 bits per heavy atom. The van der Waals surface area contributed by atoms with Gasteiger partial charge in [0.2, 0.25) is 0 Å². The fraction of sp³-hybridized carbons (Fsp3) is 0.867. The zero-order valence-electron chi connectivity index (χ0n) is 12.0. The van der Waals surface area contributed by atoms with Crippen LogP contribution in [0.15, 0.2) is 9.59 Å². The number of hydrogen-bond donors (Lipinski definition) is 1. The van der Waals surface area contributed by atoms with Crippen LogP contribution in [0.3, 0.4) is 0 Å². The Hall–Kier alpha value is -0.820. The summed E-state index contributed by atoms with van der Waals surface area (Å²) >= 11 is 3.67. The SMILES string of the molecule is Cn1c(=O)n2n(c1=O)[C@@H]1[C@H]3[C@@H]4[C@@H]5[C@H]3[C@]13C[C@@H](O)[C@H](Br)C[C@@]53[C@H]42. The van der Waals surface area contributed by atoms with E-state index in [1.165, 1.54) is 4.57 Å². The van der Waals surface area contributed by atoms with E-state index >= 15 is 0 Å². The van der Waals surface area contributed by atoms with E-state index in [9.17, 15) is 14.7 Å². The number of nitrogens with zero attached hydrogens (tertiary/aromatic N) is 3. The lowest BCUT2D eigenvalue weighted by Crippen LogP contribution is -3.01. The van der Waals surface area contributed by atoms with Gasteiger partial charge in [0, 0.05) is 22.7 Å². The minimum absolute atomic E-state index is 0.100. The molecule has 1 aromatic heterocycles. The van der Waals surface area contributed by atoms with Crippen LogP contribution in [0.5, 0.6) is 0 Å². The maximum absolute atomic E-state index is 12.6. The Balaban J connectivity index is 1.58. The minimum Gasteiger partial charge on any atom is -0.392 e. The molecule has 1 aromatic rings. The van der Waals surface area contributed by atoms with Crippen LogP contribution < -0.4 is 11.4 Å². The zero-order valence-corrected chi connectivity index (χ0v) is 13.6. The summed E-state index contributed by atoms with van der Waals surface area (Å²) < 4.78 is 4.85. The van der Waals surface area contributed by atoms with Crippen molar-refractivity contribution in [2.24, 2.45) is 41.5 Å². The van der Waals surface area contributed by atoms with Gasteiger partial charge in [0.1, 0.15) is 0 Å². The maximum atomic E-state index is 12.6. The topological polar surface area (TPSA) is 69.2 Å². The smallest absolute Gasteiger partial charge is 0.347 e. The molecule has 7 heteroatoms. The summed E-state index contributed by atoms with van der Waals surface area (Å²) in [5.41, 5.74) is -0.0336. The van der Waals surface area contributed by atoms with Gasteiger partial charge in [-0.2, -0.15) is 0 Å².